The van der Waals surface area contributed by atoms with Gasteiger partial charge in [0.15, 0.2) is 5.78 Å². The van der Waals surface area contributed by atoms with E-state index in [1.54, 1.807) is 6.20 Å². The van der Waals surface area contributed by atoms with Gasteiger partial charge < -0.3 is 5.32 Å². The van der Waals surface area contributed by atoms with Gasteiger partial charge in [0.25, 0.3) is 0 Å². The van der Waals surface area contributed by atoms with E-state index >= 15 is 0 Å². The zero-order chi connectivity index (χ0) is 18.1. The number of benzene rings is 2. The van der Waals surface area contributed by atoms with Crippen LogP contribution in [0.2, 0.25) is 0 Å². The fraction of sp³-hybridized carbons (Fsp3) is 0.190. The molecule has 5 nitrogen and oxygen atoms in total. The van der Waals surface area contributed by atoms with Gasteiger partial charge in [0.05, 0.1) is 6.20 Å². The topological polar surface area (TPSA) is 74.8 Å². The second kappa shape index (κ2) is 6.59. The summed E-state index contributed by atoms with van der Waals surface area (Å²) in [5.41, 5.74) is 5.57. The van der Waals surface area contributed by atoms with Crippen molar-refractivity contribution >= 4 is 17.4 Å². The number of anilines is 1. The summed E-state index contributed by atoms with van der Waals surface area (Å²) in [6, 6.07) is 13.3. The SMILES string of the molecule is Cc1cc(NC(=O)C2CC(=O)c3ccccc3C2)ccc1-c1cn[nH]c1. The predicted octanol–water partition coefficient (Wildman–Crippen LogP) is 3.77. The van der Waals surface area contributed by atoms with Crippen LogP contribution >= 0.6 is 0 Å². The molecule has 1 amide bonds. The molecule has 5 heteroatoms. The summed E-state index contributed by atoms with van der Waals surface area (Å²) in [7, 11) is 0. The minimum atomic E-state index is -0.328. The Bertz CT molecular complexity index is 977. The first-order chi connectivity index (χ1) is 12.6. The number of nitrogens with zero attached hydrogens (tertiary/aromatic N) is 1. The molecule has 1 aromatic heterocycles. The van der Waals surface area contributed by atoms with Crippen LogP contribution in [0.5, 0.6) is 0 Å². The van der Waals surface area contributed by atoms with Crippen molar-refractivity contribution in [2.45, 2.75) is 19.8 Å². The Labute approximate surface area is 151 Å². The van der Waals surface area contributed by atoms with Crippen molar-refractivity contribution in [3.8, 4) is 11.1 Å². The first-order valence-electron chi connectivity index (χ1n) is 8.63. The highest BCUT2D eigenvalue weighted by Crippen LogP contribution is 2.28. The van der Waals surface area contributed by atoms with E-state index in [0.29, 0.717) is 6.42 Å². The molecule has 0 fully saturated rings. The molecule has 0 bridgehead atoms. The van der Waals surface area contributed by atoms with Gasteiger partial charge in [-0.3, -0.25) is 14.7 Å². The van der Waals surface area contributed by atoms with Crippen molar-refractivity contribution in [2.75, 3.05) is 5.32 Å². The molecule has 0 aliphatic heterocycles. The van der Waals surface area contributed by atoms with Crippen LogP contribution in [0.4, 0.5) is 5.69 Å². The Balaban J connectivity index is 1.50. The monoisotopic (exact) mass is 345 g/mol. The molecule has 26 heavy (non-hydrogen) atoms. The van der Waals surface area contributed by atoms with Crippen LogP contribution in [-0.2, 0) is 11.2 Å². The molecule has 130 valence electrons. The van der Waals surface area contributed by atoms with E-state index in [1.807, 2.05) is 55.6 Å². The number of rotatable bonds is 3. The van der Waals surface area contributed by atoms with E-state index < -0.39 is 0 Å². The number of aromatic nitrogens is 2. The average molecular weight is 345 g/mol. The number of carbonyl (C=O) groups is 2. The molecule has 0 saturated carbocycles. The number of H-pyrrole nitrogens is 1. The van der Waals surface area contributed by atoms with E-state index in [2.05, 4.69) is 15.5 Å². The maximum absolute atomic E-state index is 12.7. The number of aromatic amines is 1. The summed E-state index contributed by atoms with van der Waals surface area (Å²) in [6.45, 7) is 2.00. The molecule has 1 heterocycles. The lowest BCUT2D eigenvalue weighted by Crippen LogP contribution is -2.30. The number of hydrogen-bond acceptors (Lipinski definition) is 3. The Hall–Kier alpha value is -3.21. The third-order valence-corrected chi connectivity index (χ3v) is 4.89. The molecule has 2 N–H and O–H groups in total. The zero-order valence-corrected chi connectivity index (χ0v) is 14.5. The fourth-order valence-corrected chi connectivity index (χ4v) is 3.53. The summed E-state index contributed by atoms with van der Waals surface area (Å²) in [6.07, 6.45) is 4.46. The number of amides is 1. The number of carbonyl (C=O) groups excluding carboxylic acids is 2. The number of hydrogen-bond donors (Lipinski definition) is 2. The molecule has 0 saturated heterocycles. The molecule has 1 aliphatic carbocycles. The second-order valence-corrected chi connectivity index (χ2v) is 6.69. The van der Waals surface area contributed by atoms with Gasteiger partial charge in [0, 0.05) is 35.3 Å². The van der Waals surface area contributed by atoms with E-state index in [1.165, 1.54) is 0 Å². The number of ketones is 1. The van der Waals surface area contributed by atoms with Crippen molar-refractivity contribution in [3.63, 3.8) is 0 Å². The minimum Gasteiger partial charge on any atom is -0.326 e. The van der Waals surface area contributed by atoms with Gasteiger partial charge in [-0.15, -0.1) is 0 Å². The van der Waals surface area contributed by atoms with Crippen LogP contribution < -0.4 is 5.32 Å². The maximum atomic E-state index is 12.7. The molecular weight excluding hydrogens is 326 g/mol. The van der Waals surface area contributed by atoms with Crippen LogP contribution in [0.1, 0.15) is 27.9 Å². The Morgan fingerprint density at radius 3 is 2.77 bits per heavy atom. The summed E-state index contributed by atoms with van der Waals surface area (Å²) < 4.78 is 0. The van der Waals surface area contributed by atoms with Gasteiger partial charge in [0.1, 0.15) is 0 Å². The van der Waals surface area contributed by atoms with E-state index in [9.17, 15) is 9.59 Å². The summed E-state index contributed by atoms with van der Waals surface area (Å²) >= 11 is 0. The number of Topliss-reactive ketones (excluding diaryl/α,β-unsaturated/α-hetero) is 1. The molecule has 1 aliphatic rings. The normalized spacial score (nSPS) is 16.2. The lowest BCUT2D eigenvalue weighted by Gasteiger charge is -2.23. The van der Waals surface area contributed by atoms with Gasteiger partial charge in [-0.05, 0) is 42.2 Å². The van der Waals surface area contributed by atoms with Crippen LogP contribution in [0, 0.1) is 12.8 Å². The van der Waals surface area contributed by atoms with E-state index in [0.717, 1.165) is 33.5 Å². The van der Waals surface area contributed by atoms with Crippen LogP contribution in [0.3, 0.4) is 0 Å². The van der Waals surface area contributed by atoms with Gasteiger partial charge in [-0.25, -0.2) is 0 Å². The van der Waals surface area contributed by atoms with Gasteiger partial charge in [0.2, 0.25) is 5.91 Å². The molecule has 0 spiro atoms. The minimum absolute atomic E-state index is 0.0403. The molecule has 2 aromatic carbocycles. The van der Waals surface area contributed by atoms with Crippen LogP contribution in [-0.4, -0.2) is 21.9 Å². The van der Waals surface area contributed by atoms with Crippen molar-refractivity contribution in [2.24, 2.45) is 5.92 Å². The Morgan fingerprint density at radius 1 is 1.15 bits per heavy atom. The largest absolute Gasteiger partial charge is 0.326 e. The highest BCUT2D eigenvalue weighted by atomic mass is 16.2. The van der Waals surface area contributed by atoms with Crippen molar-refractivity contribution < 1.29 is 9.59 Å². The molecule has 4 rings (SSSR count). The van der Waals surface area contributed by atoms with Crippen LogP contribution in [0.15, 0.2) is 54.9 Å². The predicted molar refractivity (Wildman–Crippen MR) is 100.0 cm³/mol. The van der Waals surface area contributed by atoms with Gasteiger partial charge in [-0.2, -0.15) is 5.10 Å². The first-order valence-corrected chi connectivity index (χ1v) is 8.63. The van der Waals surface area contributed by atoms with Gasteiger partial charge in [-0.1, -0.05) is 30.3 Å². The van der Waals surface area contributed by atoms with Crippen LogP contribution in [0.25, 0.3) is 11.1 Å². The van der Waals surface area contributed by atoms with Crippen molar-refractivity contribution in [1.29, 1.82) is 0 Å². The quantitative estimate of drug-likeness (QED) is 0.759. The number of aryl methyl sites for hydroxylation is 1. The molecule has 1 unspecified atom stereocenters. The van der Waals surface area contributed by atoms with E-state index in [4.69, 9.17) is 0 Å². The summed E-state index contributed by atoms with van der Waals surface area (Å²) in [4.78, 5) is 25.0. The van der Waals surface area contributed by atoms with E-state index in [-0.39, 0.29) is 24.0 Å². The van der Waals surface area contributed by atoms with Crippen molar-refractivity contribution in [1.82, 2.24) is 10.2 Å². The summed E-state index contributed by atoms with van der Waals surface area (Å²) in [5, 5.41) is 9.74. The second-order valence-electron chi connectivity index (χ2n) is 6.69. The first kappa shape index (κ1) is 16.3. The smallest absolute Gasteiger partial charge is 0.228 e. The molecule has 3 aromatic rings. The highest BCUT2D eigenvalue weighted by molar-refractivity contribution is 6.03. The van der Waals surface area contributed by atoms with Gasteiger partial charge >= 0.3 is 0 Å². The Morgan fingerprint density at radius 2 is 2.00 bits per heavy atom. The fourth-order valence-electron chi connectivity index (χ4n) is 3.53. The lowest BCUT2D eigenvalue weighted by atomic mass is 9.82. The number of fused-ring (bicyclic) bond motifs is 1. The third-order valence-electron chi connectivity index (χ3n) is 4.89. The Kier molecular flexibility index (Phi) is 4.13. The maximum Gasteiger partial charge on any atom is 0.228 e. The standard InChI is InChI=1S/C21H19N3O2/c1-13-8-17(6-7-18(13)16-11-22-23-12-16)24-21(26)15-9-14-4-2-3-5-19(14)20(25)10-15/h2-8,11-12,15H,9-10H2,1H3,(H,22,23)(H,24,26). The summed E-state index contributed by atoms with van der Waals surface area (Å²) in [5.74, 6) is -0.395. The third kappa shape index (κ3) is 3.04. The highest BCUT2D eigenvalue weighted by Gasteiger charge is 2.29. The van der Waals surface area contributed by atoms with Crippen molar-refractivity contribution in [3.05, 3.63) is 71.5 Å². The number of nitrogens with one attached hydrogen (secondary N) is 2. The average Bonchev–Trinajstić information content (AvgIpc) is 3.16. The molecule has 1 atom stereocenters. The zero-order valence-electron chi connectivity index (χ0n) is 14.5. The molecular formula is C21H19N3O2. The molecule has 0 radical (unpaired) electrons. The lowest BCUT2D eigenvalue weighted by molar-refractivity contribution is -0.119.